The largest absolute Gasteiger partial charge is 0.491 e. The molecule has 0 aromatic heterocycles. The molecule has 2 rings (SSSR count). The van der Waals surface area contributed by atoms with E-state index >= 15 is 0 Å². The highest BCUT2D eigenvalue weighted by atomic mass is 79.9. The van der Waals surface area contributed by atoms with Gasteiger partial charge in [-0.3, -0.25) is 0 Å². The number of benzene rings is 1. The van der Waals surface area contributed by atoms with Crippen LogP contribution in [0.5, 0.6) is 5.75 Å². The Labute approximate surface area is 134 Å². The van der Waals surface area contributed by atoms with Crippen LogP contribution in [0.4, 0.5) is 0 Å². The van der Waals surface area contributed by atoms with Crippen molar-refractivity contribution in [2.45, 2.75) is 12.2 Å². The lowest BCUT2D eigenvalue weighted by atomic mass is 10.2. The van der Waals surface area contributed by atoms with Crippen LogP contribution in [0.2, 0.25) is 0 Å². The van der Waals surface area contributed by atoms with Crippen LogP contribution in [0.25, 0.3) is 0 Å². The van der Waals surface area contributed by atoms with Crippen molar-refractivity contribution in [2.24, 2.45) is 0 Å². The van der Waals surface area contributed by atoms with E-state index in [0.29, 0.717) is 6.54 Å². The van der Waals surface area contributed by atoms with Crippen LogP contribution >= 0.6 is 15.9 Å². The summed E-state index contributed by atoms with van der Waals surface area (Å²) in [6, 6.07) is 7.57. The second-order valence-corrected chi connectivity index (χ2v) is 6.25. The molecule has 118 valence electrons. The zero-order valence-electron chi connectivity index (χ0n) is 12.3. The highest BCUT2D eigenvalue weighted by Crippen LogP contribution is 2.16. The fraction of sp³-hybridized carbons (Fsp3) is 0.600. The first-order valence-corrected chi connectivity index (χ1v) is 8.00. The molecule has 1 saturated heterocycles. The summed E-state index contributed by atoms with van der Waals surface area (Å²) in [5.74, 6) is 0.759. The summed E-state index contributed by atoms with van der Waals surface area (Å²) in [5, 5.41) is 13.1. The molecule has 1 aliphatic heterocycles. The maximum atomic E-state index is 9.90. The van der Waals surface area contributed by atoms with E-state index in [9.17, 15) is 5.11 Å². The number of morpholine rings is 1. The Morgan fingerprint density at radius 1 is 1.48 bits per heavy atom. The van der Waals surface area contributed by atoms with Gasteiger partial charge in [-0.15, -0.1) is 0 Å². The van der Waals surface area contributed by atoms with E-state index in [1.165, 1.54) is 0 Å². The number of rotatable bonds is 7. The highest BCUT2D eigenvalue weighted by Gasteiger charge is 2.17. The average Bonchev–Trinajstić information content (AvgIpc) is 2.47. The predicted molar refractivity (Wildman–Crippen MR) is 85.8 cm³/mol. The second kappa shape index (κ2) is 8.70. The average molecular weight is 359 g/mol. The minimum atomic E-state index is -0.532. The Hall–Kier alpha value is -0.660. The summed E-state index contributed by atoms with van der Waals surface area (Å²) >= 11 is 3.37. The zero-order chi connectivity index (χ0) is 15.1. The van der Waals surface area contributed by atoms with Crippen LogP contribution in [0.15, 0.2) is 28.7 Å². The number of hydrogen-bond acceptors (Lipinski definition) is 5. The maximum Gasteiger partial charge on any atom is 0.119 e. The van der Waals surface area contributed by atoms with Crippen molar-refractivity contribution >= 4 is 15.9 Å². The van der Waals surface area contributed by atoms with Crippen LogP contribution in [0, 0.1) is 0 Å². The molecule has 1 aromatic carbocycles. The van der Waals surface area contributed by atoms with Gasteiger partial charge in [-0.1, -0.05) is 15.9 Å². The molecule has 2 unspecified atom stereocenters. The molecular weight excluding hydrogens is 336 g/mol. The Kier molecular flexibility index (Phi) is 6.92. The van der Waals surface area contributed by atoms with Gasteiger partial charge in [0.05, 0.1) is 12.7 Å². The van der Waals surface area contributed by atoms with Gasteiger partial charge in [0.15, 0.2) is 0 Å². The van der Waals surface area contributed by atoms with Crippen molar-refractivity contribution in [3.05, 3.63) is 28.7 Å². The molecule has 0 saturated carbocycles. The monoisotopic (exact) mass is 358 g/mol. The van der Waals surface area contributed by atoms with Crippen molar-refractivity contribution in [1.82, 2.24) is 10.2 Å². The Balaban J connectivity index is 1.59. The number of nitrogens with zero attached hydrogens (tertiary/aromatic N) is 1. The second-order valence-electron chi connectivity index (χ2n) is 5.33. The van der Waals surface area contributed by atoms with E-state index in [0.717, 1.165) is 36.5 Å². The van der Waals surface area contributed by atoms with Crippen LogP contribution in [0.3, 0.4) is 0 Å². The lowest BCUT2D eigenvalue weighted by Gasteiger charge is -2.30. The molecule has 21 heavy (non-hydrogen) atoms. The SMILES string of the molecule is CN1CCOC(CNCC(O)COc2ccc(Br)cc2)C1. The minimum Gasteiger partial charge on any atom is -0.491 e. The van der Waals surface area contributed by atoms with Crippen molar-refractivity contribution < 1.29 is 14.6 Å². The van der Waals surface area contributed by atoms with E-state index in [-0.39, 0.29) is 12.7 Å². The molecule has 0 aliphatic carbocycles. The first kappa shape index (κ1) is 16.7. The van der Waals surface area contributed by atoms with Crippen LogP contribution in [-0.2, 0) is 4.74 Å². The van der Waals surface area contributed by atoms with Crippen molar-refractivity contribution in [1.29, 1.82) is 0 Å². The molecular formula is C15H23BrN2O3. The molecule has 1 aliphatic rings. The highest BCUT2D eigenvalue weighted by molar-refractivity contribution is 9.10. The number of ether oxygens (including phenoxy) is 2. The Morgan fingerprint density at radius 2 is 2.24 bits per heavy atom. The lowest BCUT2D eigenvalue weighted by Crippen LogP contribution is -2.46. The predicted octanol–water partition coefficient (Wildman–Crippen LogP) is 1.11. The number of aliphatic hydroxyl groups is 1. The quantitative estimate of drug-likeness (QED) is 0.764. The molecule has 2 N–H and O–H groups in total. The fourth-order valence-corrected chi connectivity index (χ4v) is 2.45. The van der Waals surface area contributed by atoms with E-state index in [4.69, 9.17) is 9.47 Å². The van der Waals surface area contributed by atoms with Gasteiger partial charge in [-0.25, -0.2) is 0 Å². The minimum absolute atomic E-state index is 0.198. The summed E-state index contributed by atoms with van der Waals surface area (Å²) in [6.45, 7) is 4.22. The van der Waals surface area contributed by atoms with Crippen molar-refractivity contribution in [3.63, 3.8) is 0 Å². The van der Waals surface area contributed by atoms with Gasteiger partial charge in [0.2, 0.25) is 0 Å². The molecule has 6 heteroatoms. The topological polar surface area (TPSA) is 54.0 Å². The third-order valence-electron chi connectivity index (χ3n) is 3.35. The van der Waals surface area contributed by atoms with Crippen LogP contribution in [0.1, 0.15) is 0 Å². The fourth-order valence-electron chi connectivity index (χ4n) is 2.18. The molecule has 0 bridgehead atoms. The number of nitrogens with one attached hydrogen (secondary N) is 1. The van der Waals surface area contributed by atoms with Gasteiger partial charge < -0.3 is 24.8 Å². The molecule has 0 spiro atoms. The van der Waals surface area contributed by atoms with Gasteiger partial charge in [-0.05, 0) is 31.3 Å². The number of aliphatic hydroxyl groups excluding tert-OH is 1. The van der Waals surface area contributed by atoms with E-state index in [1.807, 2.05) is 24.3 Å². The number of likely N-dealkylation sites (N-methyl/N-ethyl adjacent to an activating group) is 1. The number of hydrogen-bond donors (Lipinski definition) is 2. The van der Waals surface area contributed by atoms with Gasteiger partial charge in [0, 0.05) is 30.7 Å². The Bertz CT molecular complexity index is 416. The van der Waals surface area contributed by atoms with E-state index in [1.54, 1.807) is 0 Å². The van der Waals surface area contributed by atoms with Gasteiger partial charge >= 0.3 is 0 Å². The third-order valence-corrected chi connectivity index (χ3v) is 3.88. The molecule has 5 nitrogen and oxygen atoms in total. The third kappa shape index (κ3) is 6.32. The first-order valence-electron chi connectivity index (χ1n) is 7.21. The molecule has 2 atom stereocenters. The summed E-state index contributed by atoms with van der Waals surface area (Å²) in [6.07, 6.45) is -0.335. The van der Waals surface area contributed by atoms with Crippen LogP contribution in [-0.4, -0.2) is 68.7 Å². The summed E-state index contributed by atoms with van der Waals surface area (Å²) in [7, 11) is 2.09. The smallest absolute Gasteiger partial charge is 0.119 e. The van der Waals surface area contributed by atoms with Gasteiger partial charge in [0.1, 0.15) is 18.5 Å². The first-order chi connectivity index (χ1) is 10.1. The molecule has 1 heterocycles. The summed E-state index contributed by atoms with van der Waals surface area (Å²) in [5.41, 5.74) is 0. The molecule has 1 fully saturated rings. The normalized spacial score (nSPS) is 21.2. The number of halogens is 1. The summed E-state index contributed by atoms with van der Waals surface area (Å²) < 4.78 is 12.2. The summed E-state index contributed by atoms with van der Waals surface area (Å²) in [4.78, 5) is 2.25. The standard InChI is InChI=1S/C15H23BrN2O3/c1-18-6-7-20-15(10-18)9-17-8-13(19)11-21-14-4-2-12(16)3-5-14/h2-5,13,15,17,19H,6-11H2,1H3. The van der Waals surface area contributed by atoms with Gasteiger partial charge in [-0.2, -0.15) is 0 Å². The molecule has 1 aromatic rings. The van der Waals surface area contributed by atoms with Crippen molar-refractivity contribution in [3.8, 4) is 5.75 Å². The maximum absolute atomic E-state index is 9.90. The van der Waals surface area contributed by atoms with E-state index in [2.05, 4.69) is 33.2 Å². The van der Waals surface area contributed by atoms with E-state index < -0.39 is 6.10 Å². The lowest BCUT2D eigenvalue weighted by molar-refractivity contribution is -0.0196. The van der Waals surface area contributed by atoms with Gasteiger partial charge in [0.25, 0.3) is 0 Å². The van der Waals surface area contributed by atoms with Crippen LogP contribution < -0.4 is 10.1 Å². The zero-order valence-corrected chi connectivity index (χ0v) is 13.9. The molecule has 0 amide bonds. The molecule has 0 radical (unpaired) electrons. The van der Waals surface area contributed by atoms with Crippen molar-refractivity contribution in [2.75, 3.05) is 46.4 Å². The Morgan fingerprint density at radius 3 is 2.95 bits per heavy atom.